The van der Waals surface area contributed by atoms with E-state index in [1.165, 1.54) is 6.20 Å². The molecule has 3 N–H and O–H groups in total. The third-order valence-electron chi connectivity index (χ3n) is 6.82. The monoisotopic (exact) mass is 419 g/mol. The zero-order chi connectivity index (χ0) is 20.4. The highest BCUT2D eigenvalue weighted by Gasteiger charge is 2.40. The molecule has 154 valence electrons. The largest absolute Gasteiger partial charge is 0.477 e. The van der Waals surface area contributed by atoms with Crippen molar-refractivity contribution in [2.75, 3.05) is 18.0 Å². The van der Waals surface area contributed by atoms with Crippen LogP contribution in [0.1, 0.15) is 48.5 Å². The van der Waals surface area contributed by atoms with Crippen molar-refractivity contribution >= 4 is 34.2 Å². The molecule has 2 aromatic rings. The Morgan fingerprint density at radius 2 is 2.00 bits per heavy atom. The first kappa shape index (κ1) is 18.9. The molecule has 1 aliphatic heterocycles. The zero-order valence-corrected chi connectivity index (χ0v) is 16.7. The molecule has 0 bridgehead atoms. The Balaban J connectivity index is 1.68. The molecule has 3 fully saturated rings. The Hall–Kier alpha value is -2.12. The summed E-state index contributed by atoms with van der Waals surface area (Å²) < 4.78 is 17.0. The zero-order valence-electron chi connectivity index (χ0n) is 15.9. The number of hydrogen-bond donors (Lipinski definition) is 2. The molecule has 0 amide bonds. The summed E-state index contributed by atoms with van der Waals surface area (Å²) in [6.07, 6.45) is 6.27. The Morgan fingerprint density at radius 3 is 2.66 bits per heavy atom. The normalized spacial score (nSPS) is 26.7. The first-order valence-corrected chi connectivity index (χ1v) is 10.5. The molecular formula is C21H23ClFN3O3. The van der Waals surface area contributed by atoms with E-state index in [-0.39, 0.29) is 28.1 Å². The smallest absolute Gasteiger partial charge is 0.341 e. The number of halogens is 2. The van der Waals surface area contributed by atoms with Gasteiger partial charge in [0.2, 0.25) is 5.43 Å². The molecule has 2 heterocycles. The second-order valence-corrected chi connectivity index (χ2v) is 9.03. The fourth-order valence-corrected chi connectivity index (χ4v) is 5.62. The average Bonchev–Trinajstić information content (AvgIpc) is 3.42. The lowest BCUT2D eigenvalue weighted by Crippen LogP contribution is -2.38. The number of anilines is 1. The van der Waals surface area contributed by atoms with Crippen LogP contribution >= 0.6 is 11.6 Å². The molecule has 29 heavy (non-hydrogen) atoms. The lowest BCUT2D eigenvalue weighted by Gasteiger charge is -2.29. The van der Waals surface area contributed by atoms with Crippen LogP contribution < -0.4 is 16.1 Å². The van der Waals surface area contributed by atoms with Crippen molar-refractivity contribution in [1.29, 1.82) is 0 Å². The van der Waals surface area contributed by atoms with E-state index in [1.54, 1.807) is 4.57 Å². The number of rotatable bonds is 3. The average molecular weight is 420 g/mol. The van der Waals surface area contributed by atoms with Crippen LogP contribution in [0.15, 0.2) is 17.1 Å². The van der Waals surface area contributed by atoms with Crippen LogP contribution in [0.2, 0.25) is 5.02 Å². The maximum atomic E-state index is 15.2. The van der Waals surface area contributed by atoms with Gasteiger partial charge in [-0.3, -0.25) is 4.79 Å². The van der Waals surface area contributed by atoms with Crippen molar-refractivity contribution in [3.05, 3.63) is 38.9 Å². The van der Waals surface area contributed by atoms with Gasteiger partial charge in [-0.2, -0.15) is 0 Å². The van der Waals surface area contributed by atoms with Crippen molar-refractivity contribution in [1.82, 2.24) is 4.57 Å². The number of aromatic nitrogens is 1. The van der Waals surface area contributed by atoms with Crippen LogP contribution in [0.4, 0.5) is 10.1 Å². The van der Waals surface area contributed by atoms with Crippen molar-refractivity contribution in [3.8, 4) is 0 Å². The van der Waals surface area contributed by atoms with Gasteiger partial charge in [-0.1, -0.05) is 18.0 Å². The maximum Gasteiger partial charge on any atom is 0.341 e. The molecule has 6 nitrogen and oxygen atoms in total. The summed E-state index contributed by atoms with van der Waals surface area (Å²) in [5.41, 5.74) is 5.99. The van der Waals surface area contributed by atoms with Gasteiger partial charge in [0.05, 0.1) is 21.6 Å². The second kappa shape index (κ2) is 6.71. The summed E-state index contributed by atoms with van der Waals surface area (Å²) in [5, 5.41) is 9.61. The third kappa shape index (κ3) is 2.94. The minimum absolute atomic E-state index is 0.0244. The molecule has 1 aromatic heterocycles. The number of benzene rings is 1. The molecule has 2 saturated carbocycles. The number of fused-ring (bicyclic) bond motifs is 2. The second-order valence-electron chi connectivity index (χ2n) is 8.66. The van der Waals surface area contributed by atoms with E-state index < -0.39 is 17.2 Å². The predicted octanol–water partition coefficient (Wildman–Crippen LogP) is 3.39. The number of pyridine rings is 1. The van der Waals surface area contributed by atoms with Crippen LogP contribution in [0.5, 0.6) is 0 Å². The topological polar surface area (TPSA) is 88.6 Å². The highest BCUT2D eigenvalue weighted by Crippen LogP contribution is 2.45. The maximum absolute atomic E-state index is 15.2. The number of hydrogen-bond acceptors (Lipinski definition) is 4. The summed E-state index contributed by atoms with van der Waals surface area (Å²) >= 11 is 6.72. The van der Waals surface area contributed by atoms with Gasteiger partial charge in [0.1, 0.15) is 11.4 Å². The minimum atomic E-state index is -1.32. The summed E-state index contributed by atoms with van der Waals surface area (Å²) in [5.74, 6) is -1.17. The van der Waals surface area contributed by atoms with Crippen LogP contribution in [-0.4, -0.2) is 34.8 Å². The number of nitrogens with two attached hydrogens (primary N) is 1. The van der Waals surface area contributed by atoms with Gasteiger partial charge >= 0.3 is 5.97 Å². The summed E-state index contributed by atoms with van der Waals surface area (Å²) in [7, 11) is 0. The van der Waals surface area contributed by atoms with E-state index in [2.05, 4.69) is 0 Å². The number of carbonyl (C=O) groups is 1. The highest BCUT2D eigenvalue weighted by molar-refractivity contribution is 6.38. The van der Waals surface area contributed by atoms with Crippen LogP contribution in [0, 0.1) is 17.7 Å². The van der Waals surface area contributed by atoms with Gasteiger partial charge in [0.25, 0.3) is 0 Å². The molecule has 1 aromatic carbocycles. The Kier molecular flexibility index (Phi) is 4.37. The van der Waals surface area contributed by atoms with Gasteiger partial charge in [-0.05, 0) is 43.6 Å². The van der Waals surface area contributed by atoms with Gasteiger partial charge < -0.3 is 20.3 Å². The Labute approximate surface area is 172 Å². The fraction of sp³-hybridized carbons (Fsp3) is 0.524. The lowest BCUT2D eigenvalue weighted by molar-refractivity contribution is 0.0695. The molecule has 5 rings (SSSR count). The first-order valence-electron chi connectivity index (χ1n) is 10.2. The quantitative estimate of drug-likeness (QED) is 0.796. The summed E-state index contributed by atoms with van der Waals surface area (Å²) in [4.78, 5) is 26.2. The van der Waals surface area contributed by atoms with Crippen LogP contribution in [0.25, 0.3) is 10.9 Å². The Morgan fingerprint density at radius 1 is 1.24 bits per heavy atom. The highest BCUT2D eigenvalue weighted by atomic mass is 35.5. The standard InChI is InChI=1S/C21H23ClFN3O3/c22-17-18-12(20(27)14(21(28)29)9-26(18)11-4-5-11)6-15(23)19(17)25-7-10-2-1-3-16(24)13(10)8-25/h6,9-11,13,16H,1-5,7-8,24H2,(H,28,29)/t10-,13+,16-/m1/s1. The van der Waals surface area contributed by atoms with E-state index >= 15 is 4.39 Å². The molecule has 3 atom stereocenters. The molecular weight excluding hydrogens is 397 g/mol. The Bertz CT molecular complexity index is 1080. The fourth-order valence-electron chi connectivity index (χ4n) is 5.21. The summed E-state index contributed by atoms with van der Waals surface area (Å²) in [6.45, 7) is 1.34. The lowest BCUT2D eigenvalue weighted by atomic mass is 9.78. The molecule has 0 radical (unpaired) electrons. The van der Waals surface area contributed by atoms with E-state index in [9.17, 15) is 14.7 Å². The van der Waals surface area contributed by atoms with Gasteiger partial charge in [-0.25, -0.2) is 9.18 Å². The van der Waals surface area contributed by atoms with Crippen LogP contribution in [-0.2, 0) is 0 Å². The van der Waals surface area contributed by atoms with E-state index in [4.69, 9.17) is 17.3 Å². The van der Waals surface area contributed by atoms with Crippen molar-refractivity contribution in [2.45, 2.75) is 44.2 Å². The molecule has 2 aliphatic carbocycles. The van der Waals surface area contributed by atoms with Crippen molar-refractivity contribution in [2.24, 2.45) is 17.6 Å². The third-order valence-corrected chi connectivity index (χ3v) is 7.18. The minimum Gasteiger partial charge on any atom is -0.477 e. The van der Waals surface area contributed by atoms with Gasteiger partial charge in [-0.15, -0.1) is 0 Å². The number of carboxylic acids is 1. The molecule has 0 unspecified atom stereocenters. The molecule has 0 spiro atoms. The van der Waals surface area contributed by atoms with E-state index in [1.807, 2.05) is 4.90 Å². The van der Waals surface area contributed by atoms with Gasteiger partial charge in [0.15, 0.2) is 0 Å². The summed E-state index contributed by atoms with van der Waals surface area (Å²) in [6, 6.07) is 1.36. The van der Waals surface area contributed by atoms with Crippen molar-refractivity contribution in [3.63, 3.8) is 0 Å². The molecule has 1 saturated heterocycles. The van der Waals surface area contributed by atoms with E-state index in [0.717, 1.165) is 38.2 Å². The van der Waals surface area contributed by atoms with E-state index in [0.29, 0.717) is 36.1 Å². The molecule has 8 heteroatoms. The number of carboxylic acid groups (broad SMARTS) is 1. The SMILES string of the molecule is N[C@@H]1CCC[C@@H]2CN(c3c(F)cc4c(=O)c(C(=O)O)cn(C5CC5)c4c3Cl)C[C@@H]21. The van der Waals surface area contributed by atoms with Crippen LogP contribution in [0.3, 0.4) is 0 Å². The number of aromatic carboxylic acids is 1. The predicted molar refractivity (Wildman–Crippen MR) is 109 cm³/mol. The van der Waals surface area contributed by atoms with Crippen molar-refractivity contribution < 1.29 is 14.3 Å². The number of nitrogens with zero attached hydrogens (tertiary/aromatic N) is 2. The molecule has 3 aliphatic rings. The first-order chi connectivity index (χ1) is 13.9. The van der Waals surface area contributed by atoms with Gasteiger partial charge in [0, 0.05) is 31.4 Å².